The largest absolute Gasteiger partial charge is 0.512 e. The Morgan fingerprint density at radius 2 is 1.13 bits per heavy atom. The van der Waals surface area contributed by atoms with Gasteiger partial charge in [-0.3, -0.25) is 48.3 Å². The number of aliphatic hydroxyl groups is 11. The zero-order valence-corrected chi connectivity index (χ0v) is 49.4. The van der Waals surface area contributed by atoms with E-state index >= 15 is 0 Å². The molecular weight excluding hydrogens is 1210 g/mol. The first-order valence-electron chi connectivity index (χ1n) is 28.5. The number of aliphatic carboxylic acids is 4. The number of carbonyl (C=O) groups excluding carboxylic acids is 3. The third-order valence-corrected chi connectivity index (χ3v) is 14.8. The molecule has 0 bridgehead atoms. The van der Waals surface area contributed by atoms with E-state index < -0.39 is 216 Å². The Kier molecular flexibility index (Phi) is 28.9. The first-order chi connectivity index (χ1) is 42.3. The quantitative estimate of drug-likeness (QED) is 0.0171. The second-order valence-corrected chi connectivity index (χ2v) is 22.5. The number of nitrogens with zero attached hydrogens (tertiary/aromatic N) is 3. The highest BCUT2D eigenvalue weighted by atomic mass is 16.8. The molecule has 0 aliphatic carbocycles. The van der Waals surface area contributed by atoms with Crippen molar-refractivity contribution in [2.45, 2.75) is 169 Å². The molecule has 4 aliphatic heterocycles. The molecule has 4 fully saturated rings. The van der Waals surface area contributed by atoms with Crippen LogP contribution in [0.3, 0.4) is 0 Å². The lowest BCUT2D eigenvalue weighted by Crippen LogP contribution is -2.68. The molecule has 4 heterocycles. The van der Waals surface area contributed by atoms with E-state index in [4.69, 9.17) is 42.6 Å². The van der Waals surface area contributed by atoms with Crippen molar-refractivity contribution < 1.29 is 153 Å². The molecule has 0 aromatic heterocycles. The molecule has 90 heavy (non-hydrogen) atoms. The number of carbonyl (C=O) groups is 7. The predicted molar refractivity (Wildman–Crippen MR) is 296 cm³/mol. The zero-order valence-electron chi connectivity index (χ0n) is 49.4. The van der Waals surface area contributed by atoms with Gasteiger partial charge in [0.1, 0.15) is 73.2 Å². The van der Waals surface area contributed by atoms with Crippen LogP contribution in [-0.2, 0) is 82.6 Å². The minimum absolute atomic E-state index is 0.0393. The molecule has 5 rings (SSSR count). The average Bonchev–Trinajstić information content (AvgIpc) is 0.801. The lowest BCUT2D eigenvalue weighted by molar-refractivity contribution is -0.392. The first-order valence-corrected chi connectivity index (χ1v) is 28.5. The van der Waals surface area contributed by atoms with Gasteiger partial charge < -0.3 is 130 Å². The Labute approximate surface area is 514 Å². The summed E-state index contributed by atoms with van der Waals surface area (Å²) in [5, 5.41) is 162. The molecule has 4 aliphatic rings. The van der Waals surface area contributed by atoms with Gasteiger partial charge in [-0.05, 0) is 43.9 Å². The van der Waals surface area contributed by atoms with Crippen LogP contribution in [0.15, 0.2) is 36.6 Å². The van der Waals surface area contributed by atoms with Gasteiger partial charge in [0.25, 0.3) is 18.3 Å². The summed E-state index contributed by atoms with van der Waals surface area (Å²) in [5.74, 6) is -8.46. The van der Waals surface area contributed by atoms with Crippen molar-refractivity contribution in [1.29, 1.82) is 0 Å². The lowest BCUT2D eigenvalue weighted by Gasteiger charge is -2.48. The number of ether oxygens (including phenoxy) is 9. The first kappa shape index (κ1) is 74.9. The summed E-state index contributed by atoms with van der Waals surface area (Å²) in [6.07, 6.45) is -38.5. The van der Waals surface area contributed by atoms with E-state index in [-0.39, 0.29) is 57.1 Å². The molecule has 0 spiro atoms. The Morgan fingerprint density at radius 1 is 0.600 bits per heavy atom. The van der Waals surface area contributed by atoms with Crippen molar-refractivity contribution in [3.8, 4) is 0 Å². The van der Waals surface area contributed by atoms with Crippen LogP contribution in [0, 0.1) is 5.92 Å². The fraction of sp³-hybridized carbons (Fsp3) is 0.722. The number of aliphatic hydroxyl groups excluding tert-OH is 11. The third-order valence-electron chi connectivity index (χ3n) is 14.8. The van der Waals surface area contributed by atoms with Gasteiger partial charge in [-0.15, -0.1) is 0 Å². The Bertz CT molecular complexity index is 2490. The number of carboxylic acids is 4. The van der Waals surface area contributed by atoms with Crippen LogP contribution < -0.4 is 10.6 Å². The number of carboxylic acid groups (broad SMARTS) is 4. The second kappa shape index (κ2) is 34.8. The number of benzene rings is 1. The van der Waals surface area contributed by atoms with Gasteiger partial charge in [0.2, 0.25) is 6.29 Å². The third kappa shape index (κ3) is 20.9. The minimum atomic E-state index is -2.30. The molecule has 2 amide bonds. The van der Waals surface area contributed by atoms with Gasteiger partial charge in [-0.25, -0.2) is 0 Å². The number of hydrogen-bond acceptors (Lipinski definition) is 30. The van der Waals surface area contributed by atoms with Crippen LogP contribution in [-0.4, -0.2) is 341 Å². The molecule has 17 N–H and O–H groups in total. The minimum Gasteiger partial charge on any atom is -0.512 e. The summed E-state index contributed by atoms with van der Waals surface area (Å²) in [6.45, 7) is 4.23. The van der Waals surface area contributed by atoms with Crippen molar-refractivity contribution in [3.63, 3.8) is 0 Å². The van der Waals surface area contributed by atoms with E-state index in [0.717, 1.165) is 4.90 Å². The summed E-state index contributed by atoms with van der Waals surface area (Å²) in [4.78, 5) is 91.2. The van der Waals surface area contributed by atoms with E-state index in [9.17, 15) is 110 Å². The molecule has 510 valence electrons. The highest BCUT2D eigenvalue weighted by Crippen LogP contribution is 2.35. The van der Waals surface area contributed by atoms with Crippen LogP contribution in [0.5, 0.6) is 0 Å². The molecule has 36 nitrogen and oxygen atoms in total. The van der Waals surface area contributed by atoms with Gasteiger partial charge in [0.05, 0.1) is 63.9 Å². The lowest BCUT2D eigenvalue weighted by atomic mass is 9.88. The zero-order chi connectivity index (χ0) is 67.0. The fourth-order valence-electron chi connectivity index (χ4n) is 10.5. The van der Waals surface area contributed by atoms with E-state index in [1.165, 1.54) is 47.9 Å². The molecule has 0 radical (unpaired) electrons. The molecule has 0 saturated carbocycles. The fourth-order valence-corrected chi connectivity index (χ4v) is 10.5. The summed E-state index contributed by atoms with van der Waals surface area (Å²) in [5.41, 5.74) is 0.437. The van der Waals surface area contributed by atoms with Crippen molar-refractivity contribution in [2.75, 3.05) is 77.4 Å². The number of anilines is 1. The van der Waals surface area contributed by atoms with Crippen molar-refractivity contribution in [1.82, 2.24) is 20.0 Å². The van der Waals surface area contributed by atoms with Crippen molar-refractivity contribution in [2.24, 2.45) is 5.92 Å². The Morgan fingerprint density at radius 3 is 1.69 bits per heavy atom. The monoisotopic (exact) mass is 1300 g/mol. The molecule has 4 saturated heterocycles. The maximum Gasteiger partial charge on any atom is 0.317 e. The topological polar surface area (TPSA) is 540 Å². The molecule has 21 atom stereocenters. The van der Waals surface area contributed by atoms with E-state index in [0.29, 0.717) is 5.56 Å². The van der Waals surface area contributed by atoms with Crippen LogP contribution in [0.4, 0.5) is 5.69 Å². The average molecular weight is 1300 g/mol. The van der Waals surface area contributed by atoms with Crippen LogP contribution in [0.1, 0.15) is 33.3 Å². The molecule has 9 unspecified atom stereocenters. The Balaban J connectivity index is 1.33. The maximum absolute atomic E-state index is 14.3. The van der Waals surface area contributed by atoms with Crippen LogP contribution in [0.2, 0.25) is 0 Å². The normalized spacial score (nSPS) is 32.6. The molecule has 1 aromatic rings. The molecule has 1 aromatic carbocycles. The highest BCUT2D eigenvalue weighted by molar-refractivity contribution is 5.95. The molecular formula is C54H83N5O31. The van der Waals surface area contributed by atoms with E-state index in [1.807, 2.05) is 0 Å². The van der Waals surface area contributed by atoms with Crippen molar-refractivity contribution in [3.05, 3.63) is 42.2 Å². The number of amides is 2. The van der Waals surface area contributed by atoms with E-state index in [2.05, 4.69) is 17.2 Å². The van der Waals surface area contributed by atoms with Gasteiger partial charge in [0.15, 0.2) is 37.2 Å². The van der Waals surface area contributed by atoms with Crippen molar-refractivity contribution >= 4 is 47.9 Å². The van der Waals surface area contributed by atoms with Gasteiger partial charge in [-0.2, -0.15) is 0 Å². The smallest absolute Gasteiger partial charge is 0.317 e. The van der Waals surface area contributed by atoms with Crippen LogP contribution in [0.25, 0.3) is 0 Å². The standard InChI is InChI=1S/C54H83N5O31/c1-23(2)43-36(73)37(74)45(48(86-43)50(81)56-27-8-6-26(7-9-27)14-28(59(19-32(67)68)20-33(69)70)16-58(18-31(65)66)12-11-57(15-25(5)62)17-30(63)64)87-53-42(79)39(76)46(54(90-53)83-22-61)88-52-41(78)38(75)44(84-24(3)4)47(89-52)49(80)55-10-13-82-51-40(77)35(72)34(71)29(21-60)85-51/h6-9,22-24,28-29,34-48,51-54,60,62,71-79H,5,10-21H2,1-4H3,(H,55,80)(H,56,81)(H,63,64)(H,65,66)(H,67,68)(H,69,70)/t28?,29?,34-,35+,36?,37-,38-,39-,40?,41?,42?,43+,44+,45+,46+,47?,48?,51-,52-,53-,54?/m1/s1. The highest BCUT2D eigenvalue weighted by Gasteiger charge is 2.57. The van der Waals surface area contributed by atoms with Crippen LogP contribution >= 0.6 is 0 Å². The summed E-state index contributed by atoms with van der Waals surface area (Å²) in [6, 6.07) is 4.60. The maximum atomic E-state index is 14.3. The predicted octanol–water partition coefficient (Wildman–Crippen LogP) is -7.48. The van der Waals surface area contributed by atoms with E-state index in [1.54, 1.807) is 13.8 Å². The Hall–Kier alpha value is -5.79. The number of nitrogens with one attached hydrogen (secondary N) is 2. The number of rotatable bonds is 35. The second-order valence-electron chi connectivity index (χ2n) is 22.5. The van der Waals surface area contributed by atoms with Gasteiger partial charge in [0, 0.05) is 37.9 Å². The van der Waals surface area contributed by atoms with Gasteiger partial charge >= 0.3 is 23.9 Å². The summed E-state index contributed by atoms with van der Waals surface area (Å²) < 4.78 is 50.7. The summed E-state index contributed by atoms with van der Waals surface area (Å²) in [7, 11) is 0. The number of hydrogen-bond donors (Lipinski definition) is 17. The summed E-state index contributed by atoms with van der Waals surface area (Å²) >= 11 is 0. The van der Waals surface area contributed by atoms with Gasteiger partial charge in [-0.1, -0.05) is 32.6 Å². The SMILES string of the molecule is C=C(O)CN(CCN(CC(=O)O)CC(Cc1ccc(NC(=O)C2O[C@@H](C(C)C)C(O)[C@@H](O)[C@@H]2O[C@@H]2OC(OC=O)[C@@H](O[C@@H]3OC(C(=O)NCCO[C@@H]4OC(CO)[C@@H](O)[C@H](O)C4O)[C@@H](OC(C)C)[C@H](O)C3O)[C@H](O)C2O)cc1)N(CC(=O)O)CC(=O)O)CC(=O)O. The molecule has 36 heteroatoms.